The number of nitrogens with two attached hydrogens (primary N) is 1. The molecule has 0 radical (unpaired) electrons. The first-order valence-electron chi connectivity index (χ1n) is 6.12. The van der Waals surface area contributed by atoms with Crippen LogP contribution in [0.25, 0.3) is 0 Å². The average Bonchev–Trinajstić information content (AvgIpc) is 2.35. The van der Waals surface area contributed by atoms with Gasteiger partial charge >= 0.3 is 0 Å². The van der Waals surface area contributed by atoms with Crippen molar-refractivity contribution in [2.45, 2.75) is 38.1 Å². The molecule has 0 bridgehead atoms. The van der Waals surface area contributed by atoms with Crippen molar-refractivity contribution < 1.29 is 0 Å². The highest BCUT2D eigenvalue weighted by atomic mass is 79.9. The predicted molar refractivity (Wildman–Crippen MR) is 72.8 cm³/mol. The Morgan fingerprint density at radius 1 is 1.47 bits per heavy atom. The molecule has 2 unspecified atom stereocenters. The molecule has 94 valence electrons. The summed E-state index contributed by atoms with van der Waals surface area (Å²) in [7, 11) is 0. The van der Waals surface area contributed by atoms with E-state index in [9.17, 15) is 0 Å². The van der Waals surface area contributed by atoms with E-state index in [1.807, 2.05) is 0 Å². The minimum absolute atomic E-state index is 0.0356. The third-order valence-corrected chi connectivity index (χ3v) is 4.21. The summed E-state index contributed by atoms with van der Waals surface area (Å²) < 4.78 is 0.890. The smallest absolute Gasteiger partial charge is 0.223 e. The Balaban J connectivity index is 2.15. The predicted octanol–water partition coefficient (Wildman–Crippen LogP) is 2.56. The zero-order valence-corrected chi connectivity index (χ0v) is 11.7. The maximum Gasteiger partial charge on any atom is 0.223 e. The molecule has 1 aliphatic carbocycles. The van der Waals surface area contributed by atoms with Crippen LogP contribution < -0.4 is 11.1 Å². The summed E-state index contributed by atoms with van der Waals surface area (Å²) in [5, 5.41) is 3.45. The van der Waals surface area contributed by atoms with Crippen molar-refractivity contribution >= 4 is 21.9 Å². The van der Waals surface area contributed by atoms with Gasteiger partial charge in [0.05, 0.1) is 10.0 Å². The van der Waals surface area contributed by atoms with Gasteiger partial charge in [0.2, 0.25) is 5.95 Å². The first-order chi connectivity index (χ1) is 8.16. The van der Waals surface area contributed by atoms with E-state index in [4.69, 9.17) is 5.73 Å². The fourth-order valence-electron chi connectivity index (χ4n) is 2.55. The fourth-order valence-corrected chi connectivity index (χ4v) is 2.76. The number of nitrogens with one attached hydrogen (secondary N) is 1. The normalized spacial score (nSPS) is 29.0. The topological polar surface area (TPSA) is 63.8 Å². The van der Waals surface area contributed by atoms with Gasteiger partial charge in [-0.3, -0.25) is 0 Å². The highest BCUT2D eigenvalue weighted by Crippen LogP contribution is 2.35. The van der Waals surface area contributed by atoms with E-state index in [0.29, 0.717) is 18.4 Å². The Labute approximate surface area is 111 Å². The molecule has 4 nitrogen and oxygen atoms in total. The van der Waals surface area contributed by atoms with Gasteiger partial charge in [-0.05, 0) is 34.7 Å². The van der Waals surface area contributed by atoms with Crippen molar-refractivity contribution in [1.29, 1.82) is 0 Å². The summed E-state index contributed by atoms with van der Waals surface area (Å²) in [6, 6.07) is 0. The van der Waals surface area contributed by atoms with E-state index < -0.39 is 0 Å². The number of halogens is 1. The molecule has 0 aliphatic heterocycles. The molecule has 1 saturated carbocycles. The first-order valence-corrected chi connectivity index (χ1v) is 6.91. The highest BCUT2D eigenvalue weighted by Gasteiger charge is 2.37. The SMILES string of the molecule is CC1CCCCC1(CN)Nc1ncc(Br)cn1. The molecule has 2 rings (SSSR count). The van der Waals surface area contributed by atoms with Crippen molar-refractivity contribution in [3.8, 4) is 0 Å². The third-order valence-electron chi connectivity index (χ3n) is 3.80. The molecule has 1 heterocycles. The van der Waals surface area contributed by atoms with Crippen molar-refractivity contribution in [3.63, 3.8) is 0 Å². The summed E-state index contributed by atoms with van der Waals surface area (Å²) in [5.74, 6) is 1.24. The monoisotopic (exact) mass is 298 g/mol. The van der Waals surface area contributed by atoms with Crippen LogP contribution in [0.4, 0.5) is 5.95 Å². The lowest BCUT2D eigenvalue weighted by Gasteiger charge is -2.42. The molecule has 1 aliphatic rings. The van der Waals surface area contributed by atoms with Gasteiger partial charge < -0.3 is 11.1 Å². The van der Waals surface area contributed by atoms with E-state index in [-0.39, 0.29) is 5.54 Å². The van der Waals surface area contributed by atoms with Crippen molar-refractivity contribution in [2.75, 3.05) is 11.9 Å². The van der Waals surface area contributed by atoms with E-state index in [0.717, 1.165) is 10.9 Å². The largest absolute Gasteiger partial charge is 0.347 e. The van der Waals surface area contributed by atoms with Gasteiger partial charge in [0.15, 0.2) is 0 Å². The second kappa shape index (κ2) is 5.31. The molecule has 1 aromatic rings. The number of hydrogen-bond acceptors (Lipinski definition) is 4. The van der Waals surface area contributed by atoms with Gasteiger partial charge in [-0.1, -0.05) is 19.8 Å². The average molecular weight is 299 g/mol. The van der Waals surface area contributed by atoms with Crippen molar-refractivity contribution in [3.05, 3.63) is 16.9 Å². The Bertz CT molecular complexity index is 367. The Morgan fingerprint density at radius 2 is 2.18 bits per heavy atom. The summed E-state index contributed by atoms with van der Waals surface area (Å²) in [4.78, 5) is 8.55. The van der Waals surface area contributed by atoms with Gasteiger partial charge in [0.25, 0.3) is 0 Å². The van der Waals surface area contributed by atoms with Gasteiger partial charge in [-0.15, -0.1) is 0 Å². The van der Waals surface area contributed by atoms with E-state index >= 15 is 0 Å². The molecular formula is C12H19BrN4. The summed E-state index contributed by atoms with van der Waals surface area (Å²) in [6.45, 7) is 2.89. The van der Waals surface area contributed by atoms with Crippen LogP contribution in [0.2, 0.25) is 0 Å². The first kappa shape index (κ1) is 12.8. The molecule has 2 atom stereocenters. The second-order valence-corrected chi connectivity index (χ2v) is 5.77. The fraction of sp³-hybridized carbons (Fsp3) is 0.667. The molecule has 0 amide bonds. The highest BCUT2D eigenvalue weighted by molar-refractivity contribution is 9.10. The van der Waals surface area contributed by atoms with Crippen LogP contribution in [0.15, 0.2) is 16.9 Å². The molecule has 5 heteroatoms. The van der Waals surface area contributed by atoms with E-state index in [1.54, 1.807) is 12.4 Å². The Kier molecular flexibility index (Phi) is 3.99. The van der Waals surface area contributed by atoms with Crippen LogP contribution in [-0.4, -0.2) is 22.1 Å². The van der Waals surface area contributed by atoms with Gasteiger partial charge in [0.1, 0.15) is 0 Å². The molecule has 0 aromatic carbocycles. The molecule has 1 aromatic heterocycles. The summed E-state index contributed by atoms with van der Waals surface area (Å²) in [5.41, 5.74) is 5.94. The van der Waals surface area contributed by atoms with Gasteiger partial charge in [-0.25, -0.2) is 9.97 Å². The summed E-state index contributed by atoms with van der Waals surface area (Å²) in [6.07, 6.45) is 8.36. The van der Waals surface area contributed by atoms with Crippen molar-refractivity contribution in [2.24, 2.45) is 11.7 Å². The Morgan fingerprint density at radius 3 is 2.76 bits per heavy atom. The molecule has 17 heavy (non-hydrogen) atoms. The number of nitrogens with zero attached hydrogens (tertiary/aromatic N) is 2. The van der Waals surface area contributed by atoms with Crippen LogP contribution in [0.5, 0.6) is 0 Å². The summed E-state index contributed by atoms with van der Waals surface area (Å²) >= 11 is 3.34. The van der Waals surface area contributed by atoms with Crippen LogP contribution in [0, 0.1) is 5.92 Å². The van der Waals surface area contributed by atoms with Crippen LogP contribution in [0.3, 0.4) is 0 Å². The van der Waals surface area contributed by atoms with Crippen LogP contribution >= 0.6 is 15.9 Å². The molecular weight excluding hydrogens is 280 g/mol. The lowest BCUT2D eigenvalue weighted by molar-refractivity contribution is 0.234. The molecule has 0 spiro atoms. The maximum absolute atomic E-state index is 5.98. The number of hydrogen-bond donors (Lipinski definition) is 2. The van der Waals surface area contributed by atoms with Crippen LogP contribution in [0.1, 0.15) is 32.6 Å². The van der Waals surface area contributed by atoms with E-state index in [1.165, 1.54) is 19.3 Å². The minimum Gasteiger partial charge on any atom is -0.347 e. The number of aromatic nitrogens is 2. The van der Waals surface area contributed by atoms with Gasteiger partial charge in [-0.2, -0.15) is 0 Å². The van der Waals surface area contributed by atoms with Crippen LogP contribution in [-0.2, 0) is 0 Å². The zero-order chi connectivity index (χ0) is 12.3. The number of rotatable bonds is 3. The standard InChI is InChI=1S/C12H19BrN4/c1-9-4-2-3-5-12(9,8-14)17-11-15-6-10(13)7-16-11/h6-7,9H,2-5,8,14H2,1H3,(H,15,16,17). The quantitative estimate of drug-likeness (QED) is 0.900. The van der Waals surface area contributed by atoms with E-state index in [2.05, 4.69) is 38.1 Å². The molecule has 3 N–H and O–H groups in total. The minimum atomic E-state index is -0.0356. The maximum atomic E-state index is 5.98. The third kappa shape index (κ3) is 2.77. The lowest BCUT2D eigenvalue weighted by atomic mass is 9.73. The molecule has 0 saturated heterocycles. The molecule has 1 fully saturated rings. The Hall–Kier alpha value is -0.680. The lowest BCUT2D eigenvalue weighted by Crippen LogP contribution is -2.52. The zero-order valence-electron chi connectivity index (χ0n) is 10.1. The van der Waals surface area contributed by atoms with Gasteiger partial charge in [0, 0.05) is 18.9 Å². The number of anilines is 1. The second-order valence-electron chi connectivity index (χ2n) is 4.86. The van der Waals surface area contributed by atoms with Crippen molar-refractivity contribution in [1.82, 2.24) is 9.97 Å².